The molecule has 0 aliphatic heterocycles. The zero-order valence-corrected chi connectivity index (χ0v) is 12.9. The summed E-state index contributed by atoms with van der Waals surface area (Å²) in [6, 6.07) is 17.9. The molecular formula is C18H25N3O+2. The number of hydrogen-bond acceptors (Lipinski definition) is 1. The van der Waals surface area contributed by atoms with Crippen molar-refractivity contribution in [1.29, 1.82) is 0 Å². The van der Waals surface area contributed by atoms with Crippen molar-refractivity contribution >= 4 is 5.91 Å². The van der Waals surface area contributed by atoms with Gasteiger partial charge in [-0.1, -0.05) is 48.5 Å². The normalized spacial score (nSPS) is 11.9. The highest BCUT2D eigenvalue weighted by molar-refractivity contribution is 6.00. The summed E-state index contributed by atoms with van der Waals surface area (Å²) in [5.41, 5.74) is 10.6. The number of rotatable bonds is 7. The summed E-state index contributed by atoms with van der Waals surface area (Å²) in [5.74, 6) is -0.0391. The van der Waals surface area contributed by atoms with Gasteiger partial charge in [-0.2, -0.15) is 0 Å². The van der Waals surface area contributed by atoms with E-state index in [1.165, 1.54) is 0 Å². The molecule has 0 fully saturated rings. The number of carbonyl (C=O) groups excluding carboxylic acids is 1. The summed E-state index contributed by atoms with van der Waals surface area (Å²) in [6.07, 6.45) is 2.04. The summed E-state index contributed by atoms with van der Waals surface area (Å²) in [4.78, 5) is 12.5. The van der Waals surface area contributed by atoms with Gasteiger partial charge in [0.2, 0.25) is 0 Å². The molecule has 22 heavy (non-hydrogen) atoms. The van der Waals surface area contributed by atoms with Crippen molar-refractivity contribution in [3.8, 4) is 11.1 Å². The molecule has 0 aromatic heterocycles. The van der Waals surface area contributed by atoms with Crippen LogP contribution in [-0.4, -0.2) is 25.0 Å². The zero-order valence-electron chi connectivity index (χ0n) is 12.9. The third-order valence-electron chi connectivity index (χ3n) is 3.67. The fourth-order valence-electron chi connectivity index (χ4n) is 2.42. The smallest absolute Gasteiger partial charge is 0.252 e. The molecule has 116 valence electrons. The van der Waals surface area contributed by atoms with Crippen molar-refractivity contribution in [2.45, 2.75) is 18.9 Å². The van der Waals surface area contributed by atoms with Crippen molar-refractivity contribution < 1.29 is 16.3 Å². The molecule has 0 unspecified atom stereocenters. The molecule has 0 aliphatic carbocycles. The summed E-state index contributed by atoms with van der Waals surface area (Å²) >= 11 is 0. The van der Waals surface area contributed by atoms with E-state index in [9.17, 15) is 4.79 Å². The number of quaternary nitrogens is 2. The van der Waals surface area contributed by atoms with Gasteiger partial charge in [0.15, 0.2) is 0 Å². The van der Waals surface area contributed by atoms with Crippen LogP contribution in [0.5, 0.6) is 0 Å². The summed E-state index contributed by atoms with van der Waals surface area (Å²) in [7, 11) is 0. The summed E-state index contributed by atoms with van der Waals surface area (Å²) in [5, 5.41) is 3.00. The molecular weight excluding hydrogens is 274 g/mol. The maximum atomic E-state index is 12.5. The fourth-order valence-corrected chi connectivity index (χ4v) is 2.42. The van der Waals surface area contributed by atoms with Gasteiger partial charge in [-0.3, -0.25) is 4.79 Å². The Morgan fingerprint density at radius 2 is 1.73 bits per heavy atom. The first-order chi connectivity index (χ1) is 10.7. The number of amides is 1. The quantitative estimate of drug-likeness (QED) is 0.691. The van der Waals surface area contributed by atoms with Gasteiger partial charge in [-0.05, 0) is 17.2 Å². The van der Waals surface area contributed by atoms with Crippen molar-refractivity contribution in [3.05, 3.63) is 60.2 Å². The molecule has 4 heteroatoms. The lowest BCUT2D eigenvalue weighted by Crippen LogP contribution is -2.65. The Balaban J connectivity index is 2.07. The second-order valence-electron chi connectivity index (χ2n) is 5.48. The highest BCUT2D eigenvalue weighted by Gasteiger charge is 2.14. The Morgan fingerprint density at radius 3 is 2.45 bits per heavy atom. The molecule has 0 bridgehead atoms. The molecule has 1 atom stereocenters. The van der Waals surface area contributed by atoms with Crippen LogP contribution < -0.4 is 16.8 Å². The predicted octanol–water partition coefficient (Wildman–Crippen LogP) is 0.716. The fraction of sp³-hybridized carbons (Fsp3) is 0.278. The third kappa shape index (κ3) is 4.41. The molecule has 0 aliphatic rings. The number of benzene rings is 2. The molecule has 0 spiro atoms. The number of nitrogens with one attached hydrogen (secondary N) is 1. The first kappa shape index (κ1) is 16.2. The Morgan fingerprint density at radius 1 is 1.05 bits per heavy atom. The van der Waals surface area contributed by atoms with Crippen molar-refractivity contribution in [2.75, 3.05) is 13.1 Å². The summed E-state index contributed by atoms with van der Waals surface area (Å²) < 4.78 is 0. The average molecular weight is 299 g/mol. The molecule has 0 radical (unpaired) electrons. The van der Waals surface area contributed by atoms with Gasteiger partial charge in [0, 0.05) is 18.4 Å². The average Bonchev–Trinajstić information content (AvgIpc) is 2.58. The second kappa shape index (κ2) is 8.32. The topological polar surface area (TPSA) is 84.4 Å². The predicted molar refractivity (Wildman–Crippen MR) is 87.9 cm³/mol. The van der Waals surface area contributed by atoms with Gasteiger partial charge in [0.05, 0.1) is 13.1 Å². The molecule has 0 heterocycles. The first-order valence-corrected chi connectivity index (χ1v) is 7.77. The summed E-state index contributed by atoms with van der Waals surface area (Å²) in [6.45, 7) is 1.51. The van der Waals surface area contributed by atoms with Crippen molar-refractivity contribution in [1.82, 2.24) is 5.32 Å². The van der Waals surface area contributed by atoms with Crippen LogP contribution in [0.4, 0.5) is 0 Å². The molecule has 0 saturated carbocycles. The Labute approximate surface area is 131 Å². The molecule has 1 amide bonds. The van der Waals surface area contributed by atoms with E-state index in [1.54, 1.807) is 0 Å². The van der Waals surface area contributed by atoms with E-state index in [0.717, 1.165) is 30.5 Å². The van der Waals surface area contributed by atoms with Crippen molar-refractivity contribution in [2.24, 2.45) is 0 Å². The van der Waals surface area contributed by atoms with E-state index in [2.05, 4.69) is 16.8 Å². The van der Waals surface area contributed by atoms with E-state index < -0.39 is 0 Å². The zero-order chi connectivity index (χ0) is 15.8. The van der Waals surface area contributed by atoms with Crippen LogP contribution in [0, 0.1) is 0 Å². The van der Waals surface area contributed by atoms with Gasteiger partial charge in [0.25, 0.3) is 5.91 Å². The van der Waals surface area contributed by atoms with Crippen LogP contribution in [0.25, 0.3) is 11.1 Å². The van der Waals surface area contributed by atoms with E-state index >= 15 is 0 Å². The third-order valence-corrected chi connectivity index (χ3v) is 3.67. The van der Waals surface area contributed by atoms with Gasteiger partial charge in [-0.15, -0.1) is 0 Å². The molecule has 2 rings (SSSR count). The van der Waals surface area contributed by atoms with Crippen LogP contribution in [0.15, 0.2) is 54.6 Å². The molecule has 2 aromatic carbocycles. The van der Waals surface area contributed by atoms with Gasteiger partial charge >= 0.3 is 0 Å². The molecule has 4 nitrogen and oxygen atoms in total. The molecule has 0 saturated heterocycles. The van der Waals surface area contributed by atoms with Crippen LogP contribution in [-0.2, 0) is 0 Å². The van der Waals surface area contributed by atoms with E-state index in [1.807, 2.05) is 54.6 Å². The SMILES string of the molecule is [NH3+]CCC[C@H]([NH3+])CNC(=O)c1ccccc1-c1ccccc1. The van der Waals surface area contributed by atoms with E-state index in [-0.39, 0.29) is 11.9 Å². The molecule has 2 aromatic rings. The minimum absolute atomic E-state index is 0.0391. The lowest BCUT2D eigenvalue weighted by molar-refractivity contribution is -0.423. The van der Waals surface area contributed by atoms with Crippen LogP contribution in [0.3, 0.4) is 0 Å². The van der Waals surface area contributed by atoms with Gasteiger partial charge in [-0.25, -0.2) is 0 Å². The lowest BCUT2D eigenvalue weighted by Gasteiger charge is -2.12. The highest BCUT2D eigenvalue weighted by Crippen LogP contribution is 2.23. The largest absolute Gasteiger partial charge is 0.358 e. The van der Waals surface area contributed by atoms with E-state index in [0.29, 0.717) is 12.1 Å². The number of hydrogen-bond donors (Lipinski definition) is 3. The van der Waals surface area contributed by atoms with Crippen LogP contribution in [0.2, 0.25) is 0 Å². The minimum atomic E-state index is -0.0391. The first-order valence-electron chi connectivity index (χ1n) is 7.77. The van der Waals surface area contributed by atoms with E-state index in [4.69, 9.17) is 0 Å². The Kier molecular flexibility index (Phi) is 6.13. The van der Waals surface area contributed by atoms with Crippen LogP contribution >= 0.6 is 0 Å². The minimum Gasteiger partial charge on any atom is -0.358 e. The second-order valence-corrected chi connectivity index (χ2v) is 5.48. The van der Waals surface area contributed by atoms with Crippen molar-refractivity contribution in [3.63, 3.8) is 0 Å². The maximum Gasteiger partial charge on any atom is 0.252 e. The molecule has 7 N–H and O–H groups in total. The standard InChI is InChI=1S/C18H23N3O/c19-12-6-9-15(20)13-21-18(22)17-11-5-4-10-16(17)14-7-2-1-3-8-14/h1-5,7-8,10-11,15H,6,9,12-13,19-20H2,(H,21,22)/p+2/t15-/m0/s1. The lowest BCUT2D eigenvalue weighted by atomic mass is 9.99. The van der Waals surface area contributed by atoms with Crippen LogP contribution in [0.1, 0.15) is 23.2 Å². The highest BCUT2D eigenvalue weighted by atomic mass is 16.1. The van der Waals surface area contributed by atoms with Gasteiger partial charge in [0.1, 0.15) is 6.04 Å². The Bertz CT molecular complexity index is 598. The maximum absolute atomic E-state index is 12.5. The Hall–Kier alpha value is -2.17. The number of carbonyl (C=O) groups is 1. The monoisotopic (exact) mass is 299 g/mol. The van der Waals surface area contributed by atoms with Gasteiger partial charge < -0.3 is 16.8 Å².